The van der Waals surface area contributed by atoms with Gasteiger partial charge in [-0.15, -0.1) is 0 Å². The average molecular weight is 300 g/mol. The standard InChI is InChI=1S/C16H17FN4O/c1-12-18-7-6-14(19-12)16(22)21-10-8-20(9-11-21)15-5-3-2-4-13(15)17/h2-7H,8-11H2,1H3. The minimum Gasteiger partial charge on any atom is -0.366 e. The highest BCUT2D eigenvalue weighted by Crippen LogP contribution is 2.20. The second-order valence-corrected chi connectivity index (χ2v) is 5.22. The van der Waals surface area contributed by atoms with Crippen molar-refractivity contribution in [2.45, 2.75) is 6.92 Å². The predicted octanol–water partition coefficient (Wildman–Crippen LogP) is 1.89. The zero-order valence-corrected chi connectivity index (χ0v) is 12.4. The van der Waals surface area contributed by atoms with Crippen LogP contribution < -0.4 is 4.90 Å². The van der Waals surface area contributed by atoms with E-state index >= 15 is 0 Å². The van der Waals surface area contributed by atoms with Crippen LogP contribution in [0.25, 0.3) is 0 Å². The van der Waals surface area contributed by atoms with Crippen LogP contribution in [-0.4, -0.2) is 47.0 Å². The molecule has 0 unspecified atom stereocenters. The molecule has 1 fully saturated rings. The molecule has 3 rings (SSSR count). The van der Waals surface area contributed by atoms with Crippen molar-refractivity contribution < 1.29 is 9.18 Å². The van der Waals surface area contributed by atoms with Gasteiger partial charge >= 0.3 is 0 Å². The molecular formula is C16H17FN4O. The number of piperazine rings is 1. The second kappa shape index (κ2) is 6.09. The number of anilines is 1. The lowest BCUT2D eigenvalue weighted by Gasteiger charge is -2.36. The van der Waals surface area contributed by atoms with Gasteiger partial charge in [0, 0.05) is 32.4 Å². The first-order valence-electron chi connectivity index (χ1n) is 7.23. The number of aryl methyl sites for hydroxylation is 1. The first kappa shape index (κ1) is 14.4. The molecule has 1 aromatic heterocycles. The largest absolute Gasteiger partial charge is 0.366 e. The first-order valence-corrected chi connectivity index (χ1v) is 7.23. The molecule has 5 nitrogen and oxygen atoms in total. The number of nitrogens with zero attached hydrogens (tertiary/aromatic N) is 4. The Balaban J connectivity index is 1.67. The number of carbonyl (C=O) groups excluding carboxylic acids is 1. The summed E-state index contributed by atoms with van der Waals surface area (Å²) >= 11 is 0. The minimum atomic E-state index is -0.228. The molecule has 1 saturated heterocycles. The Morgan fingerprint density at radius 3 is 2.55 bits per heavy atom. The van der Waals surface area contributed by atoms with Gasteiger partial charge in [0.2, 0.25) is 0 Å². The lowest BCUT2D eigenvalue weighted by atomic mass is 10.2. The monoisotopic (exact) mass is 300 g/mol. The summed E-state index contributed by atoms with van der Waals surface area (Å²) in [5.41, 5.74) is 0.999. The maximum atomic E-state index is 13.8. The molecule has 1 amide bonds. The SMILES string of the molecule is Cc1nccc(C(=O)N2CCN(c3ccccc3F)CC2)n1. The Labute approximate surface area is 128 Å². The third-order valence-electron chi connectivity index (χ3n) is 3.76. The maximum Gasteiger partial charge on any atom is 0.272 e. The van der Waals surface area contributed by atoms with Crippen LogP contribution in [0.15, 0.2) is 36.5 Å². The smallest absolute Gasteiger partial charge is 0.272 e. The van der Waals surface area contributed by atoms with Crippen molar-refractivity contribution in [3.05, 3.63) is 53.9 Å². The van der Waals surface area contributed by atoms with E-state index in [2.05, 4.69) is 9.97 Å². The van der Waals surface area contributed by atoms with Gasteiger partial charge in [0.25, 0.3) is 5.91 Å². The van der Waals surface area contributed by atoms with Crippen LogP contribution in [0.4, 0.5) is 10.1 Å². The van der Waals surface area contributed by atoms with Crippen LogP contribution in [0.5, 0.6) is 0 Å². The van der Waals surface area contributed by atoms with E-state index in [4.69, 9.17) is 0 Å². The lowest BCUT2D eigenvalue weighted by molar-refractivity contribution is 0.0740. The van der Waals surface area contributed by atoms with E-state index in [9.17, 15) is 9.18 Å². The third-order valence-corrected chi connectivity index (χ3v) is 3.76. The van der Waals surface area contributed by atoms with Crippen molar-refractivity contribution in [1.82, 2.24) is 14.9 Å². The number of amides is 1. The third kappa shape index (κ3) is 2.90. The van der Waals surface area contributed by atoms with Gasteiger partial charge in [0.15, 0.2) is 0 Å². The number of para-hydroxylation sites is 1. The van der Waals surface area contributed by atoms with Gasteiger partial charge in [0.1, 0.15) is 17.3 Å². The fraction of sp³-hybridized carbons (Fsp3) is 0.312. The lowest BCUT2D eigenvalue weighted by Crippen LogP contribution is -2.49. The number of benzene rings is 1. The van der Waals surface area contributed by atoms with Gasteiger partial charge in [-0.25, -0.2) is 14.4 Å². The Bertz CT molecular complexity index is 683. The fourth-order valence-electron chi connectivity index (χ4n) is 2.60. The van der Waals surface area contributed by atoms with E-state index in [1.54, 1.807) is 36.2 Å². The molecule has 0 radical (unpaired) electrons. The summed E-state index contributed by atoms with van der Waals surface area (Å²) in [7, 11) is 0. The van der Waals surface area contributed by atoms with Crippen molar-refractivity contribution in [2.75, 3.05) is 31.1 Å². The van der Waals surface area contributed by atoms with Gasteiger partial charge in [-0.05, 0) is 25.1 Å². The zero-order chi connectivity index (χ0) is 15.5. The van der Waals surface area contributed by atoms with Gasteiger partial charge < -0.3 is 9.80 Å². The van der Waals surface area contributed by atoms with Gasteiger partial charge in [-0.1, -0.05) is 12.1 Å². The molecular weight excluding hydrogens is 283 g/mol. The quantitative estimate of drug-likeness (QED) is 0.850. The van der Waals surface area contributed by atoms with Crippen molar-refractivity contribution in [1.29, 1.82) is 0 Å². The van der Waals surface area contributed by atoms with E-state index in [0.717, 1.165) is 0 Å². The van der Waals surface area contributed by atoms with Gasteiger partial charge in [-0.3, -0.25) is 4.79 Å². The Hall–Kier alpha value is -2.50. The number of carbonyl (C=O) groups is 1. The molecule has 2 heterocycles. The number of halogens is 1. The highest BCUT2D eigenvalue weighted by Gasteiger charge is 2.24. The van der Waals surface area contributed by atoms with E-state index < -0.39 is 0 Å². The van der Waals surface area contributed by atoms with E-state index in [1.165, 1.54) is 6.07 Å². The molecule has 1 aliphatic rings. The van der Waals surface area contributed by atoms with Crippen molar-refractivity contribution in [2.24, 2.45) is 0 Å². The summed E-state index contributed by atoms with van der Waals surface area (Å²) in [6.07, 6.45) is 1.59. The summed E-state index contributed by atoms with van der Waals surface area (Å²) in [6.45, 7) is 4.08. The topological polar surface area (TPSA) is 49.3 Å². The van der Waals surface area contributed by atoms with Crippen LogP contribution >= 0.6 is 0 Å². The highest BCUT2D eigenvalue weighted by atomic mass is 19.1. The van der Waals surface area contributed by atoms with Crippen LogP contribution in [-0.2, 0) is 0 Å². The molecule has 0 saturated carbocycles. The Kier molecular flexibility index (Phi) is 4.00. The number of aromatic nitrogens is 2. The molecule has 0 aliphatic carbocycles. The average Bonchev–Trinajstić information content (AvgIpc) is 2.55. The van der Waals surface area contributed by atoms with Crippen molar-refractivity contribution in [3.63, 3.8) is 0 Å². The normalized spacial score (nSPS) is 15.0. The Morgan fingerprint density at radius 1 is 1.14 bits per heavy atom. The van der Waals surface area contributed by atoms with Gasteiger partial charge in [-0.2, -0.15) is 0 Å². The molecule has 0 N–H and O–H groups in total. The molecule has 6 heteroatoms. The summed E-state index contributed by atoms with van der Waals surface area (Å²) in [6, 6.07) is 8.34. The minimum absolute atomic E-state index is 0.0984. The van der Waals surface area contributed by atoms with Crippen molar-refractivity contribution in [3.8, 4) is 0 Å². The van der Waals surface area contributed by atoms with Crippen molar-refractivity contribution >= 4 is 11.6 Å². The zero-order valence-electron chi connectivity index (χ0n) is 12.4. The second-order valence-electron chi connectivity index (χ2n) is 5.22. The number of hydrogen-bond donors (Lipinski definition) is 0. The molecule has 0 bridgehead atoms. The Morgan fingerprint density at radius 2 is 1.86 bits per heavy atom. The molecule has 0 atom stereocenters. The van der Waals surface area contributed by atoms with E-state index in [1.807, 2.05) is 11.0 Å². The summed E-state index contributed by atoms with van der Waals surface area (Å²) < 4.78 is 13.8. The summed E-state index contributed by atoms with van der Waals surface area (Å²) in [5, 5.41) is 0. The molecule has 1 aromatic carbocycles. The van der Waals surface area contributed by atoms with E-state index in [0.29, 0.717) is 43.4 Å². The highest BCUT2D eigenvalue weighted by molar-refractivity contribution is 5.92. The van der Waals surface area contributed by atoms with Crippen LogP contribution in [0.1, 0.15) is 16.3 Å². The molecule has 22 heavy (non-hydrogen) atoms. The molecule has 0 spiro atoms. The summed E-state index contributed by atoms with van der Waals surface area (Å²) in [4.78, 5) is 24.3. The van der Waals surface area contributed by atoms with Crippen LogP contribution in [0.3, 0.4) is 0 Å². The first-order chi connectivity index (χ1) is 10.6. The maximum absolute atomic E-state index is 13.8. The fourth-order valence-corrected chi connectivity index (χ4v) is 2.60. The molecule has 114 valence electrons. The molecule has 2 aromatic rings. The predicted molar refractivity (Wildman–Crippen MR) is 81.3 cm³/mol. The number of hydrogen-bond acceptors (Lipinski definition) is 4. The van der Waals surface area contributed by atoms with Gasteiger partial charge in [0.05, 0.1) is 5.69 Å². The van der Waals surface area contributed by atoms with Crippen LogP contribution in [0.2, 0.25) is 0 Å². The summed E-state index contributed by atoms with van der Waals surface area (Å²) in [5.74, 6) is 0.253. The van der Waals surface area contributed by atoms with E-state index in [-0.39, 0.29) is 11.7 Å². The van der Waals surface area contributed by atoms with Crippen LogP contribution in [0, 0.1) is 12.7 Å². The molecule has 1 aliphatic heterocycles. The number of rotatable bonds is 2.